The second-order valence-corrected chi connectivity index (χ2v) is 4.08. The normalized spacial score (nSPS) is 11.8. The molecule has 0 fully saturated rings. The van der Waals surface area contributed by atoms with Crippen LogP contribution in [0, 0.1) is 11.5 Å². The van der Waals surface area contributed by atoms with Crippen LogP contribution in [0.2, 0.25) is 0 Å². The van der Waals surface area contributed by atoms with Crippen LogP contribution in [0.15, 0.2) is 30.3 Å². The Bertz CT molecular complexity index is 313. The van der Waals surface area contributed by atoms with Gasteiger partial charge in [0.05, 0.1) is 0 Å². The topological polar surface area (TPSA) is 35.8 Å². The van der Waals surface area contributed by atoms with Crippen LogP contribution in [0.25, 0.3) is 0 Å². The third-order valence-electron chi connectivity index (χ3n) is 2.84. The molecule has 1 rings (SSSR count). The van der Waals surface area contributed by atoms with Crippen LogP contribution < -0.4 is 5.32 Å². The summed E-state index contributed by atoms with van der Waals surface area (Å²) in [5.41, 5.74) is 1.43. The number of benzene rings is 1. The molecule has 0 heterocycles. The summed E-state index contributed by atoms with van der Waals surface area (Å²) >= 11 is 0. The maximum absolute atomic E-state index is 8.39. The number of nitriles is 1. The Hall–Kier alpha value is -1.49. The van der Waals surface area contributed by atoms with E-state index < -0.39 is 0 Å². The van der Waals surface area contributed by atoms with Crippen molar-refractivity contribution in [1.82, 2.24) is 5.32 Å². The van der Waals surface area contributed by atoms with Crippen LogP contribution >= 0.6 is 0 Å². The molecule has 0 aliphatic carbocycles. The molecule has 0 aromatic heterocycles. The Morgan fingerprint density at radius 3 is 2.62 bits per heavy atom. The number of rotatable bonds is 7. The van der Waals surface area contributed by atoms with Crippen LogP contribution in [0.5, 0.6) is 0 Å². The zero-order valence-corrected chi connectivity index (χ0v) is 9.95. The van der Waals surface area contributed by atoms with E-state index in [1.807, 2.05) is 6.19 Å². The lowest BCUT2D eigenvalue weighted by molar-refractivity contribution is 0.541. The summed E-state index contributed by atoms with van der Waals surface area (Å²) in [5.74, 6) is 0.645. The third-order valence-corrected chi connectivity index (χ3v) is 2.84. The molecule has 2 nitrogen and oxygen atoms in total. The first-order valence-electron chi connectivity index (χ1n) is 6.05. The maximum atomic E-state index is 8.39. The monoisotopic (exact) mass is 216 g/mol. The predicted octanol–water partition coefficient (Wildman–Crippen LogP) is 3.42. The number of nitrogens with one attached hydrogen (secondary N) is 1. The molecule has 0 aliphatic heterocycles. The van der Waals surface area contributed by atoms with E-state index in [9.17, 15) is 0 Å². The predicted molar refractivity (Wildman–Crippen MR) is 66.9 cm³/mol. The van der Waals surface area contributed by atoms with Crippen molar-refractivity contribution in [2.24, 2.45) is 0 Å². The largest absolute Gasteiger partial charge is 0.324 e. The van der Waals surface area contributed by atoms with Gasteiger partial charge in [-0.05, 0) is 30.7 Å². The number of hydrogen-bond donors (Lipinski definition) is 1. The van der Waals surface area contributed by atoms with Gasteiger partial charge in [0.25, 0.3) is 0 Å². The standard InChI is InChI=1S/C14H20N2/c1-2-7-13(10-6-11-16-12-15)14-8-4-3-5-9-14/h3-5,8-9,13,16H,2,6-7,10-11H2,1H3. The maximum Gasteiger partial charge on any atom is 0.176 e. The summed E-state index contributed by atoms with van der Waals surface area (Å²) in [5, 5.41) is 11.1. The molecule has 0 amide bonds. The molecule has 0 aliphatic rings. The van der Waals surface area contributed by atoms with Crippen LogP contribution in [0.1, 0.15) is 44.1 Å². The number of nitrogens with zero attached hydrogens (tertiary/aromatic N) is 1. The zero-order chi connectivity index (χ0) is 11.6. The van der Waals surface area contributed by atoms with Gasteiger partial charge in [-0.3, -0.25) is 0 Å². The van der Waals surface area contributed by atoms with Gasteiger partial charge in [-0.1, -0.05) is 43.7 Å². The third kappa shape index (κ3) is 4.35. The molecule has 0 saturated heterocycles. The van der Waals surface area contributed by atoms with E-state index in [2.05, 4.69) is 42.6 Å². The molecule has 1 atom stereocenters. The van der Waals surface area contributed by atoms with E-state index >= 15 is 0 Å². The van der Waals surface area contributed by atoms with Crippen LogP contribution in [-0.2, 0) is 0 Å². The average Bonchev–Trinajstić information content (AvgIpc) is 2.34. The average molecular weight is 216 g/mol. The summed E-state index contributed by atoms with van der Waals surface area (Å²) in [6.07, 6.45) is 6.63. The van der Waals surface area contributed by atoms with Gasteiger partial charge < -0.3 is 5.32 Å². The van der Waals surface area contributed by atoms with Gasteiger partial charge in [0.1, 0.15) is 0 Å². The molecule has 1 N–H and O–H groups in total. The van der Waals surface area contributed by atoms with Gasteiger partial charge >= 0.3 is 0 Å². The molecule has 0 spiro atoms. The molecule has 2 heteroatoms. The smallest absolute Gasteiger partial charge is 0.176 e. The second kappa shape index (κ2) is 7.76. The Kier molecular flexibility index (Phi) is 6.10. The van der Waals surface area contributed by atoms with Gasteiger partial charge in [0.15, 0.2) is 6.19 Å². The molecule has 0 radical (unpaired) electrons. The van der Waals surface area contributed by atoms with Crippen molar-refractivity contribution in [2.75, 3.05) is 6.54 Å². The molecule has 1 aromatic rings. The van der Waals surface area contributed by atoms with E-state index in [0.29, 0.717) is 5.92 Å². The Morgan fingerprint density at radius 2 is 2.00 bits per heavy atom. The van der Waals surface area contributed by atoms with Gasteiger partial charge in [-0.2, -0.15) is 5.26 Å². The fourth-order valence-corrected chi connectivity index (χ4v) is 2.04. The van der Waals surface area contributed by atoms with Crippen molar-refractivity contribution in [3.8, 4) is 6.19 Å². The van der Waals surface area contributed by atoms with Gasteiger partial charge in [0, 0.05) is 6.54 Å². The fourth-order valence-electron chi connectivity index (χ4n) is 2.04. The molecule has 0 saturated carbocycles. The summed E-state index contributed by atoms with van der Waals surface area (Å²) in [7, 11) is 0. The first-order valence-corrected chi connectivity index (χ1v) is 6.05. The van der Waals surface area contributed by atoms with Crippen LogP contribution in [0.4, 0.5) is 0 Å². The van der Waals surface area contributed by atoms with Crippen molar-refractivity contribution >= 4 is 0 Å². The minimum Gasteiger partial charge on any atom is -0.324 e. The highest BCUT2D eigenvalue weighted by Gasteiger charge is 2.09. The van der Waals surface area contributed by atoms with Crippen molar-refractivity contribution in [1.29, 1.82) is 5.26 Å². The second-order valence-electron chi connectivity index (χ2n) is 4.08. The molecule has 1 unspecified atom stereocenters. The van der Waals surface area contributed by atoms with Crippen molar-refractivity contribution in [3.63, 3.8) is 0 Å². The molecular formula is C14H20N2. The highest BCUT2D eigenvalue weighted by atomic mass is 14.8. The summed E-state index contributed by atoms with van der Waals surface area (Å²) in [6.45, 7) is 3.02. The summed E-state index contributed by atoms with van der Waals surface area (Å²) in [6, 6.07) is 10.7. The van der Waals surface area contributed by atoms with Crippen LogP contribution in [-0.4, -0.2) is 6.54 Å². The zero-order valence-electron chi connectivity index (χ0n) is 9.95. The lowest BCUT2D eigenvalue weighted by atomic mass is 9.90. The van der Waals surface area contributed by atoms with Gasteiger partial charge in [-0.25, -0.2) is 0 Å². The molecular weight excluding hydrogens is 196 g/mol. The van der Waals surface area contributed by atoms with E-state index in [1.54, 1.807) is 0 Å². The van der Waals surface area contributed by atoms with E-state index in [0.717, 1.165) is 19.4 Å². The molecule has 0 bridgehead atoms. The SMILES string of the molecule is CCCC(CCCNC#N)c1ccccc1. The Balaban J connectivity index is 2.45. The van der Waals surface area contributed by atoms with E-state index in [1.165, 1.54) is 18.4 Å². The van der Waals surface area contributed by atoms with Crippen molar-refractivity contribution in [2.45, 2.75) is 38.5 Å². The highest BCUT2D eigenvalue weighted by Crippen LogP contribution is 2.25. The Morgan fingerprint density at radius 1 is 1.25 bits per heavy atom. The van der Waals surface area contributed by atoms with Gasteiger partial charge in [-0.15, -0.1) is 0 Å². The van der Waals surface area contributed by atoms with Crippen molar-refractivity contribution < 1.29 is 0 Å². The molecule has 86 valence electrons. The van der Waals surface area contributed by atoms with Gasteiger partial charge in [0.2, 0.25) is 0 Å². The fraction of sp³-hybridized carbons (Fsp3) is 0.500. The lowest BCUT2D eigenvalue weighted by Crippen LogP contribution is -2.09. The minimum absolute atomic E-state index is 0.645. The molecule has 16 heavy (non-hydrogen) atoms. The first kappa shape index (κ1) is 12.6. The quantitative estimate of drug-likeness (QED) is 0.430. The first-order chi connectivity index (χ1) is 7.88. The van der Waals surface area contributed by atoms with E-state index in [-0.39, 0.29) is 0 Å². The van der Waals surface area contributed by atoms with Crippen molar-refractivity contribution in [3.05, 3.63) is 35.9 Å². The Labute approximate surface area is 98.3 Å². The molecule has 1 aromatic carbocycles. The lowest BCUT2D eigenvalue weighted by Gasteiger charge is -2.16. The number of hydrogen-bond acceptors (Lipinski definition) is 2. The van der Waals surface area contributed by atoms with E-state index in [4.69, 9.17) is 5.26 Å². The summed E-state index contributed by atoms with van der Waals surface area (Å²) < 4.78 is 0. The highest BCUT2D eigenvalue weighted by molar-refractivity contribution is 5.19. The summed E-state index contributed by atoms with van der Waals surface area (Å²) in [4.78, 5) is 0. The van der Waals surface area contributed by atoms with Crippen LogP contribution in [0.3, 0.4) is 0 Å². The minimum atomic E-state index is 0.645.